The van der Waals surface area contributed by atoms with Crippen LogP contribution in [0.4, 0.5) is 5.95 Å². The summed E-state index contributed by atoms with van der Waals surface area (Å²) < 4.78 is 4.96. The number of nitrogen functional groups attached to an aromatic ring is 1. The summed E-state index contributed by atoms with van der Waals surface area (Å²) in [6.07, 6.45) is 1.32. The molecule has 0 fully saturated rings. The third-order valence-corrected chi connectivity index (χ3v) is 2.29. The Morgan fingerprint density at radius 3 is 2.94 bits per heavy atom. The molecule has 0 radical (unpaired) electrons. The lowest BCUT2D eigenvalue weighted by Gasteiger charge is -2.06. The number of nitrogens with zero attached hydrogens (tertiary/aromatic N) is 5. The van der Waals surface area contributed by atoms with Gasteiger partial charge in [0.1, 0.15) is 0 Å². The summed E-state index contributed by atoms with van der Waals surface area (Å²) in [6.45, 7) is 0. The highest BCUT2D eigenvalue weighted by molar-refractivity contribution is 6.31. The molecule has 2 rings (SSSR count). The first-order chi connectivity index (χ1) is 8.61. The van der Waals surface area contributed by atoms with Crippen molar-refractivity contribution < 1.29 is 9.84 Å². The molecule has 0 aliphatic carbocycles. The molecular formula is C9H9ClN6O2. The highest BCUT2D eigenvalue weighted by atomic mass is 35.5. The number of aromatic nitrogens is 4. The molecule has 94 valence electrons. The number of phenols is 1. The van der Waals surface area contributed by atoms with E-state index in [-0.39, 0.29) is 17.4 Å². The molecule has 3 N–H and O–H groups in total. The lowest BCUT2D eigenvalue weighted by Crippen LogP contribution is -2.00. The maximum absolute atomic E-state index is 9.84. The van der Waals surface area contributed by atoms with Crippen LogP contribution in [-0.4, -0.2) is 38.7 Å². The summed E-state index contributed by atoms with van der Waals surface area (Å²) in [5, 5.41) is 24.4. The topological polar surface area (TPSA) is 111 Å². The standard InChI is InChI=1S/C9H9ClN6O2/c1-18-7-3-6(10)2-5(8(7)17)4-12-16-9(11)13-14-15-16/h2-4,17H,1H3,(H2,11,13,15)/b12-4+. The molecular weight excluding hydrogens is 260 g/mol. The number of tetrazole rings is 1. The van der Waals surface area contributed by atoms with E-state index < -0.39 is 0 Å². The van der Waals surface area contributed by atoms with E-state index in [2.05, 4.69) is 20.6 Å². The molecule has 0 saturated carbocycles. The Morgan fingerprint density at radius 2 is 2.33 bits per heavy atom. The summed E-state index contributed by atoms with van der Waals surface area (Å²) >= 11 is 5.87. The van der Waals surface area contributed by atoms with Crippen LogP contribution in [0.2, 0.25) is 5.02 Å². The number of anilines is 1. The third kappa shape index (κ3) is 2.33. The molecule has 0 aliphatic rings. The second-order valence-electron chi connectivity index (χ2n) is 3.22. The van der Waals surface area contributed by atoms with Crippen molar-refractivity contribution in [3.63, 3.8) is 0 Å². The van der Waals surface area contributed by atoms with Gasteiger partial charge >= 0.3 is 0 Å². The van der Waals surface area contributed by atoms with Crippen molar-refractivity contribution in [3.05, 3.63) is 22.7 Å². The molecule has 1 aromatic heterocycles. The van der Waals surface area contributed by atoms with Crippen molar-refractivity contribution in [1.82, 2.24) is 20.3 Å². The number of benzene rings is 1. The molecule has 1 aromatic carbocycles. The Balaban J connectivity index is 2.37. The number of hydrogen-bond acceptors (Lipinski definition) is 7. The normalized spacial score (nSPS) is 11.0. The Bertz CT molecular complexity index is 597. The molecule has 2 aromatic rings. The number of ether oxygens (including phenoxy) is 1. The summed E-state index contributed by atoms with van der Waals surface area (Å²) in [7, 11) is 1.42. The molecule has 0 atom stereocenters. The minimum absolute atomic E-state index is 0.0275. The number of nitrogens with two attached hydrogens (primary N) is 1. The largest absolute Gasteiger partial charge is 0.504 e. The van der Waals surface area contributed by atoms with Crippen LogP contribution in [-0.2, 0) is 0 Å². The number of aromatic hydroxyl groups is 1. The average molecular weight is 269 g/mol. The zero-order valence-corrected chi connectivity index (χ0v) is 10.0. The van der Waals surface area contributed by atoms with Crippen molar-refractivity contribution in [2.45, 2.75) is 0 Å². The van der Waals surface area contributed by atoms with Gasteiger partial charge < -0.3 is 15.6 Å². The van der Waals surface area contributed by atoms with Crippen molar-refractivity contribution in [3.8, 4) is 11.5 Å². The summed E-state index contributed by atoms with van der Waals surface area (Å²) in [5.74, 6) is 0.186. The molecule has 0 aliphatic heterocycles. The van der Waals surface area contributed by atoms with Crippen molar-refractivity contribution in [1.29, 1.82) is 0 Å². The predicted molar refractivity (Wildman–Crippen MR) is 64.9 cm³/mol. The number of halogens is 1. The Labute approximate surface area is 107 Å². The van der Waals surface area contributed by atoms with Crippen LogP contribution in [0.1, 0.15) is 5.56 Å². The summed E-state index contributed by atoms with van der Waals surface area (Å²) in [6, 6.07) is 3.00. The summed E-state index contributed by atoms with van der Waals surface area (Å²) in [4.78, 5) is 1.01. The van der Waals surface area contributed by atoms with Gasteiger partial charge in [0.25, 0.3) is 5.95 Å². The SMILES string of the molecule is COc1cc(Cl)cc(/C=N/n2nnnc2N)c1O. The van der Waals surface area contributed by atoms with Crippen molar-refractivity contribution in [2.24, 2.45) is 5.10 Å². The number of methoxy groups -OCH3 is 1. The smallest absolute Gasteiger partial charge is 0.263 e. The van der Waals surface area contributed by atoms with Gasteiger partial charge in [-0.2, -0.15) is 5.10 Å². The van der Waals surface area contributed by atoms with Crippen LogP contribution < -0.4 is 10.5 Å². The molecule has 1 heterocycles. The maximum Gasteiger partial charge on any atom is 0.263 e. The van der Waals surface area contributed by atoms with E-state index in [9.17, 15) is 5.11 Å². The van der Waals surface area contributed by atoms with E-state index in [4.69, 9.17) is 22.1 Å². The van der Waals surface area contributed by atoms with E-state index in [1.807, 2.05) is 0 Å². The first kappa shape index (κ1) is 12.1. The second-order valence-corrected chi connectivity index (χ2v) is 3.65. The molecule has 0 amide bonds. The molecule has 0 spiro atoms. The van der Waals surface area contributed by atoms with Gasteiger partial charge in [-0.05, 0) is 16.5 Å². The van der Waals surface area contributed by atoms with Crippen LogP contribution in [0.5, 0.6) is 11.5 Å². The van der Waals surface area contributed by atoms with Gasteiger partial charge in [-0.25, -0.2) is 0 Å². The lowest BCUT2D eigenvalue weighted by molar-refractivity contribution is 0.373. The van der Waals surface area contributed by atoms with E-state index in [0.29, 0.717) is 10.6 Å². The fourth-order valence-electron chi connectivity index (χ4n) is 1.24. The maximum atomic E-state index is 9.84. The zero-order valence-electron chi connectivity index (χ0n) is 9.28. The van der Waals surface area contributed by atoms with Gasteiger partial charge in [0.05, 0.1) is 13.3 Å². The fraction of sp³-hybridized carbons (Fsp3) is 0.111. The predicted octanol–water partition coefficient (Wildman–Crippen LogP) is 0.505. The van der Waals surface area contributed by atoms with Crippen LogP contribution in [0.15, 0.2) is 17.2 Å². The zero-order chi connectivity index (χ0) is 13.1. The number of rotatable bonds is 3. The first-order valence-corrected chi connectivity index (χ1v) is 5.14. The quantitative estimate of drug-likeness (QED) is 0.784. The second kappa shape index (κ2) is 4.88. The van der Waals surface area contributed by atoms with E-state index in [0.717, 1.165) is 4.79 Å². The van der Waals surface area contributed by atoms with Gasteiger partial charge in [0, 0.05) is 16.7 Å². The Hall–Kier alpha value is -2.35. The molecule has 8 nitrogen and oxygen atoms in total. The third-order valence-electron chi connectivity index (χ3n) is 2.07. The first-order valence-electron chi connectivity index (χ1n) is 4.76. The molecule has 0 unspecified atom stereocenters. The average Bonchev–Trinajstić information content (AvgIpc) is 2.75. The van der Waals surface area contributed by atoms with Gasteiger partial charge in [-0.1, -0.05) is 21.5 Å². The Morgan fingerprint density at radius 1 is 1.56 bits per heavy atom. The van der Waals surface area contributed by atoms with Gasteiger partial charge in [-0.3, -0.25) is 0 Å². The van der Waals surface area contributed by atoms with Crippen LogP contribution >= 0.6 is 11.6 Å². The Kier molecular flexibility index (Phi) is 3.28. The van der Waals surface area contributed by atoms with Crippen LogP contribution in [0.25, 0.3) is 0 Å². The lowest BCUT2D eigenvalue weighted by atomic mass is 10.2. The van der Waals surface area contributed by atoms with Crippen LogP contribution in [0.3, 0.4) is 0 Å². The minimum atomic E-state index is -0.0858. The number of phenolic OH excluding ortho intramolecular Hbond substituents is 1. The molecule has 0 bridgehead atoms. The molecule has 0 saturated heterocycles. The van der Waals surface area contributed by atoms with Crippen molar-refractivity contribution in [2.75, 3.05) is 12.8 Å². The van der Waals surface area contributed by atoms with Gasteiger partial charge in [-0.15, -0.1) is 0 Å². The minimum Gasteiger partial charge on any atom is -0.504 e. The highest BCUT2D eigenvalue weighted by Crippen LogP contribution is 2.32. The summed E-state index contributed by atoms with van der Waals surface area (Å²) in [5.41, 5.74) is 5.78. The van der Waals surface area contributed by atoms with E-state index >= 15 is 0 Å². The fourth-order valence-corrected chi connectivity index (χ4v) is 1.45. The van der Waals surface area contributed by atoms with Gasteiger partial charge in [0.15, 0.2) is 11.5 Å². The van der Waals surface area contributed by atoms with Gasteiger partial charge in [0.2, 0.25) is 0 Å². The highest BCUT2D eigenvalue weighted by Gasteiger charge is 2.08. The molecule has 18 heavy (non-hydrogen) atoms. The van der Waals surface area contributed by atoms with Crippen molar-refractivity contribution >= 4 is 23.8 Å². The van der Waals surface area contributed by atoms with E-state index in [1.54, 1.807) is 0 Å². The monoisotopic (exact) mass is 268 g/mol. The number of hydrogen-bond donors (Lipinski definition) is 2. The molecule has 9 heteroatoms. The van der Waals surface area contributed by atoms with E-state index in [1.165, 1.54) is 25.5 Å². The van der Waals surface area contributed by atoms with Crippen LogP contribution in [0, 0.1) is 0 Å².